The Labute approximate surface area is 156 Å². The molecule has 2 aromatic carbocycles. The second-order valence-electron chi connectivity index (χ2n) is 6.19. The predicted octanol–water partition coefficient (Wildman–Crippen LogP) is 5.17. The van der Waals surface area contributed by atoms with Crippen molar-refractivity contribution < 1.29 is 32.2 Å². The number of carboxylic acids is 1. The van der Waals surface area contributed by atoms with Crippen molar-refractivity contribution in [1.29, 1.82) is 0 Å². The zero-order chi connectivity index (χ0) is 19.9. The van der Waals surface area contributed by atoms with Gasteiger partial charge in [0.2, 0.25) is 6.10 Å². The number of halogens is 5. The molecular formula is C19H13ClF4O3. The minimum absolute atomic E-state index is 0.130. The van der Waals surface area contributed by atoms with Crippen LogP contribution >= 0.6 is 11.6 Å². The van der Waals surface area contributed by atoms with E-state index in [1.54, 1.807) is 19.1 Å². The van der Waals surface area contributed by atoms with Crippen molar-refractivity contribution in [2.24, 2.45) is 0 Å². The highest BCUT2D eigenvalue weighted by Gasteiger charge is 2.48. The van der Waals surface area contributed by atoms with Crippen molar-refractivity contribution in [1.82, 2.24) is 0 Å². The Morgan fingerprint density at radius 1 is 1.26 bits per heavy atom. The van der Waals surface area contributed by atoms with E-state index in [9.17, 15) is 22.4 Å². The second kappa shape index (κ2) is 6.88. The first-order chi connectivity index (χ1) is 12.6. The van der Waals surface area contributed by atoms with E-state index < -0.39 is 29.6 Å². The van der Waals surface area contributed by atoms with Crippen LogP contribution in [0, 0.1) is 12.7 Å². The molecule has 27 heavy (non-hydrogen) atoms. The van der Waals surface area contributed by atoms with Crippen molar-refractivity contribution in [2.75, 3.05) is 0 Å². The molecule has 0 bridgehead atoms. The summed E-state index contributed by atoms with van der Waals surface area (Å²) in [5.74, 6) is -2.25. The van der Waals surface area contributed by atoms with E-state index in [-0.39, 0.29) is 22.8 Å². The molecule has 0 saturated heterocycles. The molecule has 0 saturated carbocycles. The molecule has 3 rings (SSSR count). The third kappa shape index (κ3) is 3.93. The molecule has 2 aromatic rings. The maximum Gasteiger partial charge on any atom is 0.430 e. The van der Waals surface area contributed by atoms with E-state index in [0.717, 1.165) is 6.08 Å². The third-order valence-electron chi connectivity index (χ3n) is 4.19. The molecule has 0 amide bonds. The summed E-state index contributed by atoms with van der Waals surface area (Å²) in [6.07, 6.45) is -6.38. The SMILES string of the molecule is Cc1ccc(Cc2cc3c(cc2Cl)C=C(C(=O)O)C(C(F)(F)F)O3)cc1F. The van der Waals surface area contributed by atoms with Crippen LogP contribution in [0.3, 0.4) is 0 Å². The van der Waals surface area contributed by atoms with Gasteiger partial charge in [-0.05, 0) is 54.3 Å². The van der Waals surface area contributed by atoms with Gasteiger partial charge in [-0.1, -0.05) is 23.7 Å². The van der Waals surface area contributed by atoms with Crippen LogP contribution in [-0.2, 0) is 11.2 Å². The zero-order valence-corrected chi connectivity index (χ0v) is 14.7. The summed E-state index contributed by atoms with van der Waals surface area (Å²) in [4.78, 5) is 11.2. The number of carboxylic acid groups (broad SMARTS) is 1. The average Bonchev–Trinajstić information content (AvgIpc) is 2.57. The molecule has 0 aliphatic carbocycles. The highest BCUT2D eigenvalue weighted by atomic mass is 35.5. The molecule has 0 spiro atoms. The van der Waals surface area contributed by atoms with Crippen LogP contribution in [0.5, 0.6) is 5.75 Å². The van der Waals surface area contributed by atoms with E-state index in [2.05, 4.69) is 0 Å². The van der Waals surface area contributed by atoms with E-state index >= 15 is 0 Å². The fourth-order valence-corrected chi connectivity index (χ4v) is 3.02. The number of rotatable bonds is 3. The summed E-state index contributed by atoms with van der Waals surface area (Å²) in [6, 6.07) is 7.27. The van der Waals surface area contributed by atoms with E-state index in [1.807, 2.05) is 0 Å². The van der Waals surface area contributed by atoms with Gasteiger partial charge in [0, 0.05) is 10.6 Å². The minimum atomic E-state index is -4.89. The van der Waals surface area contributed by atoms with Crippen LogP contribution in [-0.4, -0.2) is 23.4 Å². The van der Waals surface area contributed by atoms with Crippen molar-refractivity contribution in [3.63, 3.8) is 0 Å². The van der Waals surface area contributed by atoms with Gasteiger partial charge in [0.15, 0.2) is 0 Å². The first-order valence-electron chi connectivity index (χ1n) is 7.82. The lowest BCUT2D eigenvalue weighted by molar-refractivity contribution is -0.187. The quantitative estimate of drug-likeness (QED) is 0.723. The number of carbonyl (C=O) groups is 1. The summed E-state index contributed by atoms with van der Waals surface area (Å²) in [6.45, 7) is 1.61. The van der Waals surface area contributed by atoms with Crippen LogP contribution in [0.25, 0.3) is 6.08 Å². The molecule has 1 aliphatic rings. The van der Waals surface area contributed by atoms with E-state index in [0.29, 0.717) is 16.7 Å². The molecule has 0 aromatic heterocycles. The van der Waals surface area contributed by atoms with Crippen molar-refractivity contribution in [3.05, 3.63) is 69.0 Å². The number of hydrogen-bond donors (Lipinski definition) is 1. The molecule has 0 fully saturated rings. The maximum atomic E-state index is 13.7. The number of fused-ring (bicyclic) bond motifs is 1. The predicted molar refractivity (Wildman–Crippen MR) is 91.5 cm³/mol. The monoisotopic (exact) mass is 400 g/mol. The average molecular weight is 401 g/mol. The lowest BCUT2D eigenvalue weighted by Gasteiger charge is -2.27. The number of alkyl halides is 3. The van der Waals surface area contributed by atoms with Crippen LogP contribution < -0.4 is 4.74 Å². The summed E-state index contributed by atoms with van der Waals surface area (Å²) in [5.41, 5.74) is 0.714. The Bertz CT molecular complexity index is 951. The van der Waals surface area contributed by atoms with Gasteiger partial charge >= 0.3 is 12.1 Å². The van der Waals surface area contributed by atoms with Gasteiger partial charge in [0.1, 0.15) is 11.6 Å². The minimum Gasteiger partial charge on any atom is -0.478 e. The van der Waals surface area contributed by atoms with Gasteiger partial charge < -0.3 is 9.84 Å². The van der Waals surface area contributed by atoms with Crippen molar-refractivity contribution >= 4 is 23.6 Å². The summed E-state index contributed by atoms with van der Waals surface area (Å²) >= 11 is 6.19. The number of ether oxygens (including phenoxy) is 1. The number of benzene rings is 2. The fraction of sp³-hybridized carbons (Fsp3) is 0.211. The van der Waals surface area contributed by atoms with Crippen molar-refractivity contribution in [3.8, 4) is 5.75 Å². The lowest BCUT2D eigenvalue weighted by atomic mass is 9.97. The third-order valence-corrected chi connectivity index (χ3v) is 4.54. The Kier molecular flexibility index (Phi) is 4.90. The fourth-order valence-electron chi connectivity index (χ4n) is 2.78. The number of hydrogen-bond acceptors (Lipinski definition) is 2. The Balaban J connectivity index is 2.01. The molecule has 1 aliphatic heterocycles. The van der Waals surface area contributed by atoms with Crippen LogP contribution in [0.15, 0.2) is 35.9 Å². The molecular weight excluding hydrogens is 388 g/mol. The van der Waals surface area contributed by atoms with Gasteiger partial charge in [0.25, 0.3) is 0 Å². The number of aliphatic carboxylic acids is 1. The molecule has 1 unspecified atom stereocenters. The summed E-state index contributed by atoms with van der Waals surface area (Å²) in [5, 5.41) is 9.26. The largest absolute Gasteiger partial charge is 0.478 e. The molecule has 1 atom stereocenters. The van der Waals surface area contributed by atoms with Crippen LogP contribution in [0.4, 0.5) is 17.6 Å². The van der Waals surface area contributed by atoms with Gasteiger partial charge in [0.05, 0.1) is 5.57 Å². The second-order valence-corrected chi connectivity index (χ2v) is 6.59. The molecule has 3 nitrogen and oxygen atoms in total. The Morgan fingerprint density at radius 2 is 1.96 bits per heavy atom. The standard InChI is InChI=1S/C19H13ClF4O3/c1-9-2-3-10(5-15(9)21)4-11-8-16-12(7-14(11)20)6-13(18(25)26)17(27-16)19(22,23)24/h2-3,5-8,17H,4H2,1H3,(H,25,26). The van der Waals surface area contributed by atoms with Gasteiger partial charge in [-0.3, -0.25) is 0 Å². The van der Waals surface area contributed by atoms with Crippen LogP contribution in [0.1, 0.15) is 22.3 Å². The van der Waals surface area contributed by atoms with E-state index in [4.69, 9.17) is 21.4 Å². The summed E-state index contributed by atoms with van der Waals surface area (Å²) < 4.78 is 58.1. The zero-order valence-electron chi connectivity index (χ0n) is 13.9. The molecule has 142 valence electrons. The smallest absolute Gasteiger partial charge is 0.430 e. The normalized spacial score (nSPS) is 16.4. The van der Waals surface area contributed by atoms with Crippen LogP contribution in [0.2, 0.25) is 5.02 Å². The highest BCUT2D eigenvalue weighted by Crippen LogP contribution is 2.39. The van der Waals surface area contributed by atoms with E-state index in [1.165, 1.54) is 18.2 Å². The van der Waals surface area contributed by atoms with Crippen molar-refractivity contribution in [2.45, 2.75) is 25.6 Å². The lowest BCUT2D eigenvalue weighted by Crippen LogP contribution is -2.40. The number of aryl methyl sites for hydroxylation is 1. The Hall–Kier alpha value is -2.54. The molecule has 1 N–H and O–H groups in total. The highest BCUT2D eigenvalue weighted by molar-refractivity contribution is 6.31. The van der Waals surface area contributed by atoms with Gasteiger partial charge in [-0.25, -0.2) is 9.18 Å². The Morgan fingerprint density at radius 3 is 2.56 bits per heavy atom. The molecule has 8 heteroatoms. The van der Waals surface area contributed by atoms with Gasteiger partial charge in [-0.2, -0.15) is 13.2 Å². The first kappa shape index (κ1) is 19.2. The first-order valence-corrected chi connectivity index (χ1v) is 8.19. The topological polar surface area (TPSA) is 46.5 Å². The molecule has 1 heterocycles. The van der Waals surface area contributed by atoms with Gasteiger partial charge in [-0.15, -0.1) is 0 Å². The maximum absolute atomic E-state index is 13.7. The molecule has 0 radical (unpaired) electrons. The summed E-state index contributed by atoms with van der Waals surface area (Å²) in [7, 11) is 0.